The lowest BCUT2D eigenvalue weighted by molar-refractivity contribution is 0.628. The van der Waals surface area contributed by atoms with Crippen LogP contribution in [0.25, 0.3) is 21.8 Å². The fourth-order valence-corrected chi connectivity index (χ4v) is 3.28. The van der Waals surface area contributed by atoms with Gasteiger partial charge in [0.05, 0.1) is 11.6 Å². The molecule has 0 aliphatic rings. The summed E-state index contributed by atoms with van der Waals surface area (Å²) in [6, 6.07) is 12.5. The van der Waals surface area contributed by atoms with Crippen LogP contribution in [0.3, 0.4) is 0 Å². The molecule has 3 aromatic rings. The second kappa shape index (κ2) is 5.92. The Balaban J connectivity index is 2.11. The fraction of sp³-hybridized carbons (Fsp3) is 0.0625. The molecule has 0 saturated carbocycles. The third kappa shape index (κ3) is 2.82. The summed E-state index contributed by atoms with van der Waals surface area (Å²) >= 11 is 7.31. The number of thiazole rings is 1. The number of halogens is 3. The zero-order chi connectivity index (χ0) is 14.8. The molecular formula is C16H10ClF2NS. The molecule has 21 heavy (non-hydrogen) atoms. The van der Waals surface area contributed by atoms with E-state index in [1.165, 1.54) is 29.5 Å². The lowest BCUT2D eigenvalue weighted by atomic mass is 10.1. The first-order chi connectivity index (χ1) is 10.2. The highest BCUT2D eigenvalue weighted by Crippen LogP contribution is 2.35. The SMILES string of the molecule is Fc1ccc(-c2nc(-c3ccccc3F)sc2CCl)cc1. The Hall–Kier alpha value is -1.78. The van der Waals surface area contributed by atoms with Gasteiger partial charge in [0.15, 0.2) is 0 Å². The number of benzene rings is 2. The second-order valence-corrected chi connectivity index (χ2v) is 5.76. The lowest BCUT2D eigenvalue weighted by Gasteiger charge is -1.99. The van der Waals surface area contributed by atoms with Gasteiger partial charge in [-0.05, 0) is 36.4 Å². The summed E-state index contributed by atoms with van der Waals surface area (Å²) in [4.78, 5) is 5.32. The first-order valence-corrected chi connectivity index (χ1v) is 7.60. The van der Waals surface area contributed by atoms with Crippen LogP contribution in [0.15, 0.2) is 48.5 Å². The van der Waals surface area contributed by atoms with Crippen LogP contribution in [-0.2, 0) is 5.88 Å². The highest BCUT2D eigenvalue weighted by Gasteiger charge is 2.15. The predicted octanol–water partition coefficient (Wildman–Crippen LogP) is 5.49. The Morgan fingerprint density at radius 1 is 1.00 bits per heavy atom. The van der Waals surface area contributed by atoms with E-state index in [0.717, 1.165) is 10.4 Å². The van der Waals surface area contributed by atoms with E-state index >= 15 is 0 Å². The van der Waals surface area contributed by atoms with Crippen LogP contribution < -0.4 is 0 Å². The maximum Gasteiger partial charge on any atom is 0.133 e. The van der Waals surface area contributed by atoms with Crippen molar-refractivity contribution in [3.05, 3.63) is 65.0 Å². The quantitative estimate of drug-likeness (QED) is 0.581. The molecule has 0 atom stereocenters. The van der Waals surface area contributed by atoms with Crippen LogP contribution in [0.1, 0.15) is 4.88 Å². The van der Waals surface area contributed by atoms with Crippen LogP contribution in [0.4, 0.5) is 8.78 Å². The van der Waals surface area contributed by atoms with E-state index in [0.29, 0.717) is 16.3 Å². The first kappa shape index (κ1) is 14.2. The standard InChI is InChI=1S/C16H10ClF2NS/c17-9-14-15(10-5-7-11(18)8-6-10)20-16(21-14)12-3-1-2-4-13(12)19/h1-8H,9H2. The molecule has 0 spiro atoms. The minimum atomic E-state index is -0.321. The fourth-order valence-electron chi connectivity index (χ4n) is 2.03. The molecule has 5 heteroatoms. The maximum absolute atomic E-state index is 13.9. The summed E-state index contributed by atoms with van der Waals surface area (Å²) in [6.45, 7) is 0. The van der Waals surface area contributed by atoms with Gasteiger partial charge in [-0.15, -0.1) is 22.9 Å². The van der Waals surface area contributed by atoms with E-state index in [1.54, 1.807) is 30.3 Å². The number of alkyl halides is 1. The van der Waals surface area contributed by atoms with E-state index < -0.39 is 0 Å². The molecule has 1 aromatic heterocycles. The maximum atomic E-state index is 13.9. The van der Waals surface area contributed by atoms with Gasteiger partial charge in [0.2, 0.25) is 0 Å². The molecule has 0 unspecified atom stereocenters. The first-order valence-electron chi connectivity index (χ1n) is 6.25. The largest absolute Gasteiger partial charge is 0.236 e. The van der Waals surface area contributed by atoms with Gasteiger partial charge in [-0.25, -0.2) is 13.8 Å². The summed E-state index contributed by atoms with van der Waals surface area (Å²) < 4.78 is 26.9. The van der Waals surface area contributed by atoms with Gasteiger partial charge >= 0.3 is 0 Å². The molecule has 2 aromatic carbocycles. The summed E-state index contributed by atoms with van der Waals surface area (Å²) in [6.07, 6.45) is 0. The number of hydrogen-bond acceptors (Lipinski definition) is 2. The van der Waals surface area contributed by atoms with Crippen LogP contribution in [-0.4, -0.2) is 4.98 Å². The zero-order valence-corrected chi connectivity index (χ0v) is 12.4. The van der Waals surface area contributed by atoms with Gasteiger partial charge < -0.3 is 0 Å². The second-order valence-electron chi connectivity index (χ2n) is 4.41. The van der Waals surface area contributed by atoms with E-state index in [1.807, 2.05) is 0 Å². The molecule has 3 rings (SSSR count). The average Bonchev–Trinajstić information content (AvgIpc) is 2.92. The van der Waals surface area contributed by atoms with Gasteiger partial charge in [-0.1, -0.05) is 12.1 Å². The summed E-state index contributed by atoms with van der Waals surface area (Å²) in [5.41, 5.74) is 1.89. The number of aromatic nitrogens is 1. The molecular weight excluding hydrogens is 312 g/mol. The molecule has 1 heterocycles. The Bertz CT molecular complexity index is 768. The van der Waals surface area contributed by atoms with Gasteiger partial charge in [0.1, 0.15) is 16.6 Å². The molecule has 1 nitrogen and oxygen atoms in total. The predicted molar refractivity (Wildman–Crippen MR) is 82.5 cm³/mol. The molecule has 0 aliphatic heterocycles. The smallest absolute Gasteiger partial charge is 0.133 e. The highest BCUT2D eigenvalue weighted by molar-refractivity contribution is 7.15. The van der Waals surface area contributed by atoms with E-state index in [4.69, 9.17) is 11.6 Å². The summed E-state index contributed by atoms with van der Waals surface area (Å²) in [5.74, 6) is -0.354. The monoisotopic (exact) mass is 321 g/mol. The molecule has 0 radical (unpaired) electrons. The van der Waals surface area contributed by atoms with E-state index in [-0.39, 0.29) is 17.5 Å². The van der Waals surface area contributed by atoms with Gasteiger partial charge in [-0.2, -0.15) is 0 Å². The molecule has 0 bridgehead atoms. The molecule has 0 N–H and O–H groups in total. The van der Waals surface area contributed by atoms with Gasteiger partial charge in [0.25, 0.3) is 0 Å². The Kier molecular flexibility index (Phi) is 3.99. The minimum absolute atomic E-state index is 0.277. The number of rotatable bonds is 3. The van der Waals surface area contributed by atoms with Gasteiger partial charge in [-0.3, -0.25) is 0 Å². The van der Waals surface area contributed by atoms with E-state index in [2.05, 4.69) is 4.98 Å². The topological polar surface area (TPSA) is 12.9 Å². The lowest BCUT2D eigenvalue weighted by Crippen LogP contribution is -1.85. The normalized spacial score (nSPS) is 10.8. The third-order valence-corrected chi connectivity index (χ3v) is 4.56. The Morgan fingerprint density at radius 2 is 1.71 bits per heavy atom. The van der Waals surface area contributed by atoms with Crippen molar-refractivity contribution in [3.8, 4) is 21.8 Å². The van der Waals surface area contributed by atoms with E-state index in [9.17, 15) is 8.78 Å². The van der Waals surface area contributed by atoms with Crippen molar-refractivity contribution in [3.63, 3.8) is 0 Å². The van der Waals surface area contributed by atoms with Crippen LogP contribution >= 0.6 is 22.9 Å². The van der Waals surface area contributed by atoms with Crippen LogP contribution in [0.5, 0.6) is 0 Å². The molecule has 0 fully saturated rings. The number of nitrogens with zero attached hydrogens (tertiary/aromatic N) is 1. The van der Waals surface area contributed by atoms with Crippen molar-refractivity contribution in [1.29, 1.82) is 0 Å². The molecule has 0 amide bonds. The highest BCUT2D eigenvalue weighted by atomic mass is 35.5. The van der Waals surface area contributed by atoms with Crippen molar-refractivity contribution in [2.75, 3.05) is 0 Å². The van der Waals surface area contributed by atoms with Crippen molar-refractivity contribution in [1.82, 2.24) is 4.98 Å². The molecule has 0 saturated heterocycles. The summed E-state index contributed by atoms with van der Waals surface area (Å²) in [7, 11) is 0. The number of hydrogen-bond donors (Lipinski definition) is 0. The van der Waals surface area contributed by atoms with Gasteiger partial charge in [0, 0.05) is 16.0 Å². The molecule has 0 aliphatic carbocycles. The van der Waals surface area contributed by atoms with Crippen molar-refractivity contribution in [2.24, 2.45) is 0 Å². The van der Waals surface area contributed by atoms with Crippen molar-refractivity contribution in [2.45, 2.75) is 5.88 Å². The summed E-state index contributed by atoms with van der Waals surface area (Å²) in [5, 5.41) is 0.572. The van der Waals surface area contributed by atoms with Crippen LogP contribution in [0, 0.1) is 11.6 Å². The van der Waals surface area contributed by atoms with Crippen molar-refractivity contribution >= 4 is 22.9 Å². The Morgan fingerprint density at radius 3 is 2.38 bits per heavy atom. The Labute approximate surface area is 129 Å². The zero-order valence-electron chi connectivity index (χ0n) is 10.8. The average molecular weight is 322 g/mol. The van der Waals surface area contributed by atoms with Crippen molar-refractivity contribution < 1.29 is 8.78 Å². The van der Waals surface area contributed by atoms with Crippen LogP contribution in [0.2, 0.25) is 0 Å². The minimum Gasteiger partial charge on any atom is -0.236 e. The molecule has 106 valence electrons. The third-order valence-electron chi connectivity index (χ3n) is 3.04.